The van der Waals surface area contributed by atoms with Crippen LogP contribution in [0, 0.1) is 0 Å². The molecule has 4 nitrogen and oxygen atoms in total. The van der Waals surface area contributed by atoms with E-state index in [0.717, 1.165) is 16.5 Å². The highest BCUT2D eigenvalue weighted by atomic mass is 35.5. The average molecular weight is 339 g/mol. The topological polar surface area (TPSA) is 51.2 Å². The van der Waals surface area contributed by atoms with E-state index in [9.17, 15) is 4.79 Å². The Hall–Kier alpha value is -2.85. The molecule has 0 aliphatic heterocycles. The molecule has 0 bridgehead atoms. The van der Waals surface area contributed by atoms with Crippen molar-refractivity contribution in [2.24, 2.45) is 0 Å². The Balaban J connectivity index is 1.95. The van der Waals surface area contributed by atoms with Crippen LogP contribution in [0.4, 0.5) is 0 Å². The summed E-state index contributed by atoms with van der Waals surface area (Å²) in [5, 5.41) is 4.30. The number of fused-ring (bicyclic) bond motifs is 1. The van der Waals surface area contributed by atoms with Gasteiger partial charge in [-0.2, -0.15) is 0 Å². The van der Waals surface area contributed by atoms with E-state index < -0.39 is 0 Å². The predicted octanol–water partition coefficient (Wildman–Crippen LogP) is 4.48. The van der Waals surface area contributed by atoms with Crippen molar-refractivity contribution in [3.63, 3.8) is 0 Å². The van der Waals surface area contributed by atoms with Crippen LogP contribution < -0.4 is 10.1 Å². The van der Waals surface area contributed by atoms with E-state index in [-0.39, 0.29) is 5.91 Å². The minimum atomic E-state index is -0.216. The highest BCUT2D eigenvalue weighted by Gasteiger charge is 2.09. The van der Waals surface area contributed by atoms with Crippen LogP contribution >= 0.6 is 11.6 Å². The molecule has 24 heavy (non-hydrogen) atoms. The summed E-state index contributed by atoms with van der Waals surface area (Å²) in [7, 11) is 0. The van der Waals surface area contributed by atoms with Crippen LogP contribution in [0.2, 0.25) is 5.02 Å². The maximum atomic E-state index is 11.4. The fraction of sp³-hybridized carbons (Fsp3) is 0.0526. The summed E-state index contributed by atoms with van der Waals surface area (Å²) in [6.45, 7) is 3.84. The minimum Gasteiger partial charge on any atom is -0.455 e. The van der Waals surface area contributed by atoms with Crippen molar-refractivity contribution in [1.82, 2.24) is 10.3 Å². The first-order chi connectivity index (χ1) is 11.7. The second-order valence-corrected chi connectivity index (χ2v) is 5.54. The van der Waals surface area contributed by atoms with E-state index in [1.165, 1.54) is 6.08 Å². The molecule has 1 amide bonds. The zero-order chi connectivity index (χ0) is 16.9. The van der Waals surface area contributed by atoms with Gasteiger partial charge in [0.2, 0.25) is 5.91 Å². The lowest BCUT2D eigenvalue weighted by molar-refractivity contribution is -0.116. The number of hydrogen-bond donors (Lipinski definition) is 1. The number of carbonyl (C=O) groups is 1. The number of amides is 1. The molecule has 0 aliphatic rings. The third-order valence-electron chi connectivity index (χ3n) is 3.49. The zero-order valence-corrected chi connectivity index (χ0v) is 13.6. The Morgan fingerprint density at radius 3 is 2.92 bits per heavy atom. The molecular weight excluding hydrogens is 324 g/mol. The van der Waals surface area contributed by atoms with Crippen molar-refractivity contribution >= 4 is 28.4 Å². The Morgan fingerprint density at radius 2 is 2.12 bits per heavy atom. The van der Waals surface area contributed by atoms with Gasteiger partial charge in [0, 0.05) is 23.2 Å². The highest BCUT2D eigenvalue weighted by Crippen LogP contribution is 2.31. The maximum absolute atomic E-state index is 11.4. The summed E-state index contributed by atoms with van der Waals surface area (Å²) in [6.07, 6.45) is 2.95. The summed E-state index contributed by atoms with van der Waals surface area (Å²) in [5.74, 6) is 1.06. The van der Waals surface area contributed by atoms with Crippen molar-refractivity contribution in [1.29, 1.82) is 0 Å². The van der Waals surface area contributed by atoms with Gasteiger partial charge in [0.05, 0.1) is 0 Å². The molecule has 120 valence electrons. The summed E-state index contributed by atoms with van der Waals surface area (Å²) in [6, 6.07) is 14.7. The molecule has 0 aliphatic carbocycles. The number of ether oxygens (including phenoxy) is 1. The van der Waals surface area contributed by atoms with E-state index >= 15 is 0 Å². The molecule has 1 heterocycles. The molecule has 0 atom stereocenters. The SMILES string of the molecule is C=CC(=O)NCc1ccc(Oc2cccc(Cl)c2)c2ncccc12. The largest absolute Gasteiger partial charge is 0.455 e. The monoisotopic (exact) mass is 338 g/mol. The zero-order valence-electron chi connectivity index (χ0n) is 12.8. The number of benzene rings is 2. The Bertz CT molecular complexity index is 909. The van der Waals surface area contributed by atoms with Gasteiger partial charge >= 0.3 is 0 Å². The van der Waals surface area contributed by atoms with Crippen molar-refractivity contribution in [2.45, 2.75) is 6.54 Å². The molecule has 0 unspecified atom stereocenters. The van der Waals surface area contributed by atoms with Gasteiger partial charge in [0.25, 0.3) is 0 Å². The summed E-state index contributed by atoms with van der Waals surface area (Å²) in [5.41, 5.74) is 1.68. The number of nitrogens with one attached hydrogen (secondary N) is 1. The number of rotatable bonds is 5. The fourth-order valence-corrected chi connectivity index (χ4v) is 2.53. The van der Waals surface area contributed by atoms with Crippen molar-refractivity contribution in [2.75, 3.05) is 0 Å². The molecule has 2 aromatic carbocycles. The van der Waals surface area contributed by atoms with Crippen LogP contribution in [0.1, 0.15) is 5.56 Å². The Labute approximate surface area is 144 Å². The normalized spacial score (nSPS) is 10.4. The maximum Gasteiger partial charge on any atom is 0.243 e. The molecule has 0 spiro atoms. The molecule has 3 rings (SSSR count). The number of halogens is 1. The second kappa shape index (κ2) is 7.15. The number of carbonyl (C=O) groups excluding carboxylic acids is 1. The second-order valence-electron chi connectivity index (χ2n) is 5.10. The summed E-state index contributed by atoms with van der Waals surface area (Å²) in [4.78, 5) is 15.8. The molecule has 0 radical (unpaired) electrons. The molecule has 0 saturated heterocycles. The quantitative estimate of drug-likeness (QED) is 0.698. The van der Waals surface area contributed by atoms with E-state index in [1.807, 2.05) is 36.4 Å². The van der Waals surface area contributed by atoms with Crippen molar-refractivity contribution < 1.29 is 9.53 Å². The van der Waals surface area contributed by atoms with Gasteiger partial charge < -0.3 is 10.1 Å². The number of pyridine rings is 1. The van der Waals surface area contributed by atoms with Crippen LogP contribution in [-0.2, 0) is 11.3 Å². The van der Waals surface area contributed by atoms with Gasteiger partial charge in [-0.15, -0.1) is 0 Å². The lowest BCUT2D eigenvalue weighted by Gasteiger charge is -2.12. The first-order valence-electron chi connectivity index (χ1n) is 7.37. The van der Waals surface area contributed by atoms with E-state index in [4.69, 9.17) is 16.3 Å². The molecule has 5 heteroatoms. The van der Waals surface area contributed by atoms with Gasteiger partial charge in [-0.3, -0.25) is 9.78 Å². The van der Waals surface area contributed by atoms with Crippen LogP contribution in [-0.4, -0.2) is 10.9 Å². The predicted molar refractivity (Wildman–Crippen MR) is 95.3 cm³/mol. The van der Waals surface area contributed by atoms with Gasteiger partial charge in [-0.05, 0) is 42.0 Å². The summed E-state index contributed by atoms with van der Waals surface area (Å²) >= 11 is 6.00. The minimum absolute atomic E-state index is 0.216. The van der Waals surface area contributed by atoms with Gasteiger partial charge in [-0.1, -0.05) is 36.4 Å². The van der Waals surface area contributed by atoms with Gasteiger partial charge in [-0.25, -0.2) is 0 Å². The Morgan fingerprint density at radius 1 is 1.25 bits per heavy atom. The molecule has 1 N–H and O–H groups in total. The van der Waals surface area contributed by atoms with Crippen LogP contribution in [0.5, 0.6) is 11.5 Å². The average Bonchev–Trinajstić information content (AvgIpc) is 2.61. The van der Waals surface area contributed by atoms with Crippen LogP contribution in [0.3, 0.4) is 0 Å². The van der Waals surface area contributed by atoms with E-state index in [1.54, 1.807) is 18.3 Å². The lowest BCUT2D eigenvalue weighted by atomic mass is 10.1. The molecule has 1 aromatic heterocycles. The van der Waals surface area contributed by atoms with Gasteiger partial charge in [0.15, 0.2) is 5.75 Å². The van der Waals surface area contributed by atoms with Crippen molar-refractivity contribution in [3.05, 3.63) is 78.0 Å². The number of nitrogens with zero attached hydrogens (tertiary/aromatic N) is 1. The van der Waals surface area contributed by atoms with Crippen LogP contribution in [0.15, 0.2) is 67.4 Å². The van der Waals surface area contributed by atoms with E-state index in [0.29, 0.717) is 23.1 Å². The fourth-order valence-electron chi connectivity index (χ4n) is 2.35. The lowest BCUT2D eigenvalue weighted by Crippen LogP contribution is -2.20. The number of hydrogen-bond acceptors (Lipinski definition) is 3. The van der Waals surface area contributed by atoms with Gasteiger partial charge in [0.1, 0.15) is 11.3 Å². The summed E-state index contributed by atoms with van der Waals surface area (Å²) < 4.78 is 5.92. The van der Waals surface area contributed by atoms with E-state index in [2.05, 4.69) is 16.9 Å². The molecular formula is C19H15ClN2O2. The number of aromatic nitrogens is 1. The molecule has 0 saturated carbocycles. The Kier molecular flexibility index (Phi) is 4.77. The third kappa shape index (κ3) is 3.55. The third-order valence-corrected chi connectivity index (χ3v) is 3.72. The standard InChI is InChI=1S/C19H15ClN2O2/c1-2-18(23)22-12-13-8-9-17(19-16(13)7-4-10-21-19)24-15-6-3-5-14(20)11-15/h2-11H,1,12H2,(H,22,23). The van der Waals surface area contributed by atoms with Crippen LogP contribution in [0.25, 0.3) is 10.9 Å². The highest BCUT2D eigenvalue weighted by molar-refractivity contribution is 6.30. The first kappa shape index (κ1) is 16.0. The molecule has 3 aromatic rings. The van der Waals surface area contributed by atoms with Crippen molar-refractivity contribution in [3.8, 4) is 11.5 Å². The smallest absolute Gasteiger partial charge is 0.243 e. The first-order valence-corrected chi connectivity index (χ1v) is 7.75. The molecule has 0 fully saturated rings.